The summed E-state index contributed by atoms with van der Waals surface area (Å²) >= 11 is 0. The highest BCUT2D eigenvalue weighted by atomic mass is 32.2. The van der Waals surface area contributed by atoms with Crippen LogP contribution in [0.25, 0.3) is 0 Å². The van der Waals surface area contributed by atoms with Crippen LogP contribution in [0.1, 0.15) is 18.9 Å². The Labute approximate surface area is 145 Å². The largest absolute Gasteiger partial charge is 0.338 e. The number of benzene rings is 1. The minimum atomic E-state index is -3.56. The van der Waals surface area contributed by atoms with Crippen LogP contribution in [0.4, 0.5) is 5.69 Å². The van der Waals surface area contributed by atoms with E-state index < -0.39 is 16.1 Å². The maximum atomic E-state index is 13.0. The Morgan fingerprint density at radius 1 is 1.17 bits per heavy atom. The first-order valence-electron chi connectivity index (χ1n) is 8.27. The summed E-state index contributed by atoms with van der Waals surface area (Å²) in [6, 6.07) is 6.54. The molecule has 1 saturated heterocycles. The summed E-state index contributed by atoms with van der Waals surface area (Å²) < 4.78 is 26.1. The monoisotopic (exact) mass is 353 g/mol. The number of carbonyl (C=O) groups excluding carboxylic acids is 1. The zero-order valence-corrected chi connectivity index (χ0v) is 15.7. The zero-order chi connectivity index (χ0) is 17.9. The van der Waals surface area contributed by atoms with E-state index in [1.807, 2.05) is 33.0 Å². The van der Waals surface area contributed by atoms with Gasteiger partial charge in [-0.05, 0) is 32.5 Å². The molecule has 7 heteroatoms. The van der Waals surface area contributed by atoms with Crippen LogP contribution in [0, 0.1) is 6.92 Å². The summed E-state index contributed by atoms with van der Waals surface area (Å²) in [6.07, 6.45) is 1.60. The molecular formula is C17H27N3O3S. The van der Waals surface area contributed by atoms with E-state index >= 15 is 0 Å². The molecule has 24 heavy (non-hydrogen) atoms. The molecule has 0 N–H and O–H groups in total. The van der Waals surface area contributed by atoms with Crippen LogP contribution in [0.5, 0.6) is 0 Å². The molecule has 1 aliphatic heterocycles. The topological polar surface area (TPSA) is 60.9 Å². The molecule has 1 aromatic rings. The summed E-state index contributed by atoms with van der Waals surface area (Å²) in [4.78, 5) is 16.9. The molecule has 6 nitrogen and oxygen atoms in total. The van der Waals surface area contributed by atoms with Gasteiger partial charge >= 0.3 is 0 Å². The second kappa shape index (κ2) is 7.53. The first kappa shape index (κ1) is 18.7. The van der Waals surface area contributed by atoms with E-state index in [1.165, 1.54) is 4.31 Å². The lowest BCUT2D eigenvalue weighted by Crippen LogP contribution is -2.55. The molecule has 134 valence electrons. The average Bonchev–Trinajstić information content (AvgIpc) is 2.52. The minimum absolute atomic E-state index is 0.114. The van der Waals surface area contributed by atoms with Crippen molar-refractivity contribution in [3.63, 3.8) is 0 Å². The van der Waals surface area contributed by atoms with Gasteiger partial charge in [-0.3, -0.25) is 9.10 Å². The van der Waals surface area contributed by atoms with Crippen molar-refractivity contribution in [2.45, 2.75) is 26.3 Å². The van der Waals surface area contributed by atoms with Crippen LogP contribution in [-0.4, -0.2) is 69.6 Å². The standard InChI is InChI=1S/C17H27N3O3S/c1-5-16(17(21)19-12-10-18(3)11-13-19)20(24(4,22)23)15-8-6-14(2)7-9-15/h6-9,16H,5,10-13H2,1-4H3/t16-/m0/s1. The second-order valence-corrected chi connectivity index (χ2v) is 8.31. The fourth-order valence-corrected chi connectivity index (χ4v) is 4.18. The maximum absolute atomic E-state index is 13.0. The lowest BCUT2D eigenvalue weighted by Gasteiger charge is -2.37. The molecule has 1 atom stereocenters. The summed E-state index contributed by atoms with van der Waals surface area (Å²) in [6.45, 7) is 6.69. The number of rotatable bonds is 5. The van der Waals surface area contributed by atoms with Gasteiger partial charge in [-0.25, -0.2) is 8.42 Å². The molecule has 1 aromatic carbocycles. The molecule has 0 aliphatic carbocycles. The first-order valence-corrected chi connectivity index (χ1v) is 10.1. The third kappa shape index (κ3) is 4.27. The Kier molecular flexibility index (Phi) is 5.87. The van der Waals surface area contributed by atoms with Gasteiger partial charge in [0.2, 0.25) is 15.9 Å². The number of hydrogen-bond donors (Lipinski definition) is 0. The molecule has 1 heterocycles. The second-order valence-electron chi connectivity index (χ2n) is 6.45. The van der Waals surface area contributed by atoms with Gasteiger partial charge in [0, 0.05) is 26.2 Å². The molecule has 0 spiro atoms. The molecule has 0 unspecified atom stereocenters. The third-order valence-corrected chi connectivity index (χ3v) is 5.60. The molecule has 1 fully saturated rings. The van der Waals surface area contributed by atoms with Crippen molar-refractivity contribution in [3.8, 4) is 0 Å². The highest BCUT2D eigenvalue weighted by Crippen LogP contribution is 2.24. The molecule has 2 rings (SSSR count). The normalized spacial score (nSPS) is 17.6. The van der Waals surface area contributed by atoms with Gasteiger partial charge in [0.25, 0.3) is 0 Å². The summed E-state index contributed by atoms with van der Waals surface area (Å²) in [7, 11) is -1.54. The lowest BCUT2D eigenvalue weighted by molar-refractivity contribution is -0.134. The van der Waals surface area contributed by atoms with E-state index in [1.54, 1.807) is 17.0 Å². The Morgan fingerprint density at radius 3 is 2.17 bits per heavy atom. The van der Waals surface area contributed by atoms with Crippen molar-refractivity contribution >= 4 is 21.6 Å². The van der Waals surface area contributed by atoms with Crippen LogP contribution in [0.3, 0.4) is 0 Å². The van der Waals surface area contributed by atoms with E-state index in [9.17, 15) is 13.2 Å². The SMILES string of the molecule is CC[C@@H](C(=O)N1CCN(C)CC1)N(c1ccc(C)cc1)S(C)(=O)=O. The smallest absolute Gasteiger partial charge is 0.246 e. The van der Waals surface area contributed by atoms with Crippen molar-refractivity contribution in [1.29, 1.82) is 0 Å². The van der Waals surface area contributed by atoms with Crippen LogP contribution >= 0.6 is 0 Å². The minimum Gasteiger partial charge on any atom is -0.338 e. The third-order valence-electron chi connectivity index (χ3n) is 4.42. The molecule has 0 bridgehead atoms. The number of aryl methyl sites for hydroxylation is 1. The average molecular weight is 353 g/mol. The van der Waals surface area contributed by atoms with E-state index in [0.29, 0.717) is 25.2 Å². The zero-order valence-electron chi connectivity index (χ0n) is 14.9. The van der Waals surface area contributed by atoms with Gasteiger partial charge < -0.3 is 9.80 Å². The number of sulfonamides is 1. The number of hydrogen-bond acceptors (Lipinski definition) is 4. The van der Waals surface area contributed by atoms with Crippen molar-refractivity contribution in [3.05, 3.63) is 29.8 Å². The molecule has 1 amide bonds. The van der Waals surface area contributed by atoms with E-state index in [2.05, 4.69) is 4.90 Å². The quantitative estimate of drug-likeness (QED) is 0.801. The predicted molar refractivity (Wildman–Crippen MR) is 96.7 cm³/mol. The predicted octanol–water partition coefficient (Wildman–Crippen LogP) is 1.31. The molecule has 0 saturated carbocycles. The van der Waals surface area contributed by atoms with Gasteiger partial charge in [-0.1, -0.05) is 24.6 Å². The summed E-state index contributed by atoms with van der Waals surface area (Å²) in [5.41, 5.74) is 1.59. The van der Waals surface area contributed by atoms with Crippen molar-refractivity contribution in [1.82, 2.24) is 9.80 Å². The fraction of sp³-hybridized carbons (Fsp3) is 0.588. The Bertz CT molecular complexity index is 665. The molecular weight excluding hydrogens is 326 g/mol. The van der Waals surface area contributed by atoms with Crippen LogP contribution < -0.4 is 4.31 Å². The maximum Gasteiger partial charge on any atom is 0.246 e. The van der Waals surface area contributed by atoms with E-state index in [-0.39, 0.29) is 5.91 Å². The van der Waals surface area contributed by atoms with Crippen molar-refractivity contribution in [2.75, 3.05) is 43.8 Å². The van der Waals surface area contributed by atoms with Gasteiger partial charge in [-0.15, -0.1) is 0 Å². The van der Waals surface area contributed by atoms with Gasteiger partial charge in [-0.2, -0.15) is 0 Å². The summed E-state index contributed by atoms with van der Waals surface area (Å²) in [5.74, 6) is -0.114. The number of nitrogens with zero attached hydrogens (tertiary/aromatic N) is 3. The van der Waals surface area contributed by atoms with Crippen LogP contribution in [-0.2, 0) is 14.8 Å². The number of amides is 1. The highest BCUT2D eigenvalue weighted by molar-refractivity contribution is 7.92. The molecule has 1 aliphatic rings. The molecule has 0 aromatic heterocycles. The fourth-order valence-electron chi connectivity index (χ4n) is 2.97. The van der Waals surface area contributed by atoms with Crippen LogP contribution in [0.15, 0.2) is 24.3 Å². The lowest BCUT2D eigenvalue weighted by atomic mass is 10.1. The Morgan fingerprint density at radius 2 is 1.71 bits per heavy atom. The first-order chi connectivity index (χ1) is 11.2. The highest BCUT2D eigenvalue weighted by Gasteiger charge is 2.34. The molecule has 0 radical (unpaired) electrons. The van der Waals surface area contributed by atoms with Gasteiger partial charge in [0.15, 0.2) is 0 Å². The van der Waals surface area contributed by atoms with E-state index in [4.69, 9.17) is 0 Å². The summed E-state index contributed by atoms with van der Waals surface area (Å²) in [5, 5.41) is 0. The number of piperazine rings is 1. The number of likely N-dealkylation sites (N-methyl/N-ethyl adjacent to an activating group) is 1. The van der Waals surface area contributed by atoms with Crippen molar-refractivity contribution in [2.24, 2.45) is 0 Å². The van der Waals surface area contributed by atoms with Gasteiger partial charge in [0.1, 0.15) is 6.04 Å². The van der Waals surface area contributed by atoms with Crippen molar-refractivity contribution < 1.29 is 13.2 Å². The van der Waals surface area contributed by atoms with Crippen LogP contribution in [0.2, 0.25) is 0 Å². The Balaban J connectivity index is 2.32. The number of anilines is 1. The van der Waals surface area contributed by atoms with Gasteiger partial charge in [0.05, 0.1) is 11.9 Å². The van der Waals surface area contributed by atoms with E-state index in [0.717, 1.165) is 24.9 Å². The Hall–Kier alpha value is -1.60. The number of carbonyl (C=O) groups is 1.